The van der Waals surface area contributed by atoms with Crippen LogP contribution in [0.25, 0.3) is 10.8 Å². The van der Waals surface area contributed by atoms with Gasteiger partial charge in [-0.2, -0.15) is 0 Å². The summed E-state index contributed by atoms with van der Waals surface area (Å²) in [6, 6.07) is 19.8. The Labute approximate surface area is 305 Å². The summed E-state index contributed by atoms with van der Waals surface area (Å²) in [5.41, 5.74) is 1.39. The van der Waals surface area contributed by atoms with Crippen molar-refractivity contribution in [2.45, 2.75) is 103 Å². The molecule has 0 spiro atoms. The molecule has 0 saturated heterocycles. The summed E-state index contributed by atoms with van der Waals surface area (Å²) >= 11 is 0. The summed E-state index contributed by atoms with van der Waals surface area (Å²) in [4.78, 5) is 60.7. The van der Waals surface area contributed by atoms with Gasteiger partial charge in [-0.25, -0.2) is 9.78 Å². The molecule has 1 unspecified atom stereocenters. The van der Waals surface area contributed by atoms with Gasteiger partial charge in [-0.05, 0) is 61.4 Å². The van der Waals surface area contributed by atoms with Crippen molar-refractivity contribution in [3.05, 3.63) is 102 Å². The Balaban J connectivity index is 1.50. The van der Waals surface area contributed by atoms with Crippen molar-refractivity contribution in [2.75, 3.05) is 0 Å². The van der Waals surface area contributed by atoms with Gasteiger partial charge in [0.15, 0.2) is 0 Å². The molecule has 0 bridgehead atoms. The predicted molar refractivity (Wildman–Crippen MR) is 198 cm³/mol. The number of H-pyrrole nitrogens is 1. The second-order valence-corrected chi connectivity index (χ2v) is 14.4. The van der Waals surface area contributed by atoms with Crippen molar-refractivity contribution >= 4 is 34.6 Å². The van der Waals surface area contributed by atoms with Crippen molar-refractivity contribution < 1.29 is 33.8 Å². The number of aromatic amines is 1. The molecule has 12 nitrogen and oxygen atoms in total. The van der Waals surface area contributed by atoms with Gasteiger partial charge in [-0.1, -0.05) is 86.6 Å². The van der Waals surface area contributed by atoms with Gasteiger partial charge in [-0.15, -0.1) is 0 Å². The predicted octanol–water partition coefficient (Wildman–Crippen LogP) is 5.14. The van der Waals surface area contributed by atoms with Gasteiger partial charge in [0.25, 0.3) is 0 Å². The zero-order valence-corrected chi connectivity index (χ0v) is 30.6. The van der Waals surface area contributed by atoms with Crippen molar-refractivity contribution in [2.24, 2.45) is 5.92 Å². The lowest BCUT2D eigenvalue weighted by Crippen LogP contribution is -2.57. The second kappa shape index (κ2) is 18.8. The number of alkyl carbamates (subject to hydrolysis) is 1. The van der Waals surface area contributed by atoms with E-state index in [2.05, 4.69) is 25.9 Å². The summed E-state index contributed by atoms with van der Waals surface area (Å²) in [6.45, 7) is 9.23. The van der Waals surface area contributed by atoms with Gasteiger partial charge in [-0.3, -0.25) is 14.4 Å². The van der Waals surface area contributed by atoms with Crippen LogP contribution < -0.4 is 16.0 Å². The van der Waals surface area contributed by atoms with Gasteiger partial charge in [0.2, 0.25) is 11.8 Å². The van der Waals surface area contributed by atoms with Crippen LogP contribution in [0, 0.1) is 5.92 Å². The summed E-state index contributed by atoms with van der Waals surface area (Å²) in [5, 5.41) is 21.6. The number of ether oxygens (including phenoxy) is 2. The summed E-state index contributed by atoms with van der Waals surface area (Å²) in [7, 11) is 0. The Morgan fingerprint density at radius 1 is 0.846 bits per heavy atom. The minimum Gasteiger partial charge on any atom is -0.461 e. The summed E-state index contributed by atoms with van der Waals surface area (Å²) in [5.74, 6) is -1.52. The van der Waals surface area contributed by atoms with Gasteiger partial charge in [0, 0.05) is 25.5 Å². The molecule has 3 amide bonds. The van der Waals surface area contributed by atoms with E-state index in [0.717, 1.165) is 21.9 Å². The molecule has 0 aliphatic heterocycles. The third kappa shape index (κ3) is 12.8. The van der Waals surface area contributed by atoms with E-state index in [-0.39, 0.29) is 38.2 Å². The largest absolute Gasteiger partial charge is 0.461 e. The van der Waals surface area contributed by atoms with Crippen LogP contribution in [0.4, 0.5) is 4.79 Å². The third-order valence-corrected chi connectivity index (χ3v) is 8.32. The zero-order valence-electron chi connectivity index (χ0n) is 30.6. The highest BCUT2D eigenvalue weighted by molar-refractivity contribution is 5.93. The van der Waals surface area contributed by atoms with Gasteiger partial charge < -0.3 is 35.5 Å². The molecule has 0 aliphatic carbocycles. The third-order valence-electron chi connectivity index (χ3n) is 8.32. The number of imidazole rings is 1. The zero-order chi connectivity index (χ0) is 37.7. The standard InChI is InChI=1S/C40H51N5O7/c1-26(2)20-32(35(46)18-19-36(47)51-24-27-12-7-6-8-13-27)43-38(49)34(22-30-23-41-25-42-30)44-37(48)33(45-39(50)52-40(3,4)5)21-29-16-11-15-28-14-9-10-17-31(28)29/h6-17,23,25-26,32-35,46H,18-22,24H2,1-5H3,(H,41,42)(H,43,49)(H,44,48)(H,45,50)/t32-,33-,34?,35-/m0/s1. The topological polar surface area (TPSA) is 172 Å². The van der Waals surface area contributed by atoms with Gasteiger partial charge in [0.05, 0.1) is 24.2 Å². The van der Waals surface area contributed by atoms with E-state index in [9.17, 15) is 24.3 Å². The number of nitrogens with one attached hydrogen (secondary N) is 4. The molecule has 0 aliphatic rings. The Kier molecular flexibility index (Phi) is 14.3. The SMILES string of the molecule is CC(C)C[C@H](NC(=O)C(Cc1c[nH]cn1)NC(=O)[C@H](Cc1cccc2ccccc12)NC(=O)OC(C)(C)C)[C@@H](O)CCC(=O)OCc1ccccc1. The number of aromatic nitrogens is 2. The summed E-state index contributed by atoms with van der Waals surface area (Å²) < 4.78 is 10.9. The molecule has 1 aromatic heterocycles. The van der Waals surface area contributed by atoms with E-state index in [1.54, 1.807) is 27.0 Å². The molecule has 4 atom stereocenters. The Morgan fingerprint density at radius 3 is 2.21 bits per heavy atom. The lowest BCUT2D eigenvalue weighted by atomic mass is 9.95. The number of hydrogen-bond acceptors (Lipinski definition) is 8. The number of carbonyl (C=O) groups excluding carboxylic acids is 4. The van der Waals surface area contributed by atoms with Gasteiger partial charge in [0.1, 0.15) is 24.3 Å². The van der Waals surface area contributed by atoms with Crippen LogP contribution in [0.3, 0.4) is 0 Å². The molecule has 12 heteroatoms. The number of carbonyl (C=O) groups is 4. The van der Waals surface area contributed by atoms with Crippen LogP contribution >= 0.6 is 0 Å². The van der Waals surface area contributed by atoms with Crippen molar-refractivity contribution in [1.29, 1.82) is 0 Å². The van der Waals surface area contributed by atoms with E-state index >= 15 is 0 Å². The first-order chi connectivity index (χ1) is 24.8. The molecule has 5 N–H and O–H groups in total. The second-order valence-electron chi connectivity index (χ2n) is 14.4. The maximum absolute atomic E-state index is 14.1. The van der Waals surface area contributed by atoms with E-state index in [1.807, 2.05) is 86.6 Å². The molecule has 4 rings (SSSR count). The molecule has 0 fully saturated rings. The number of aliphatic hydroxyl groups excluding tert-OH is 1. The fraction of sp³-hybridized carbons (Fsp3) is 0.425. The Morgan fingerprint density at radius 2 is 1.52 bits per heavy atom. The van der Waals surface area contributed by atoms with Crippen LogP contribution in [0.5, 0.6) is 0 Å². The van der Waals surface area contributed by atoms with Crippen LogP contribution in [0.1, 0.15) is 70.7 Å². The lowest BCUT2D eigenvalue weighted by Gasteiger charge is -2.29. The van der Waals surface area contributed by atoms with Gasteiger partial charge >= 0.3 is 12.1 Å². The minimum absolute atomic E-state index is 0.0325. The highest BCUT2D eigenvalue weighted by Gasteiger charge is 2.32. The van der Waals surface area contributed by atoms with Crippen molar-refractivity contribution in [3.63, 3.8) is 0 Å². The smallest absolute Gasteiger partial charge is 0.408 e. The molecule has 3 aromatic carbocycles. The number of amides is 3. The van der Waals surface area contributed by atoms with E-state index in [4.69, 9.17) is 9.47 Å². The van der Waals surface area contributed by atoms with Crippen LogP contribution in [-0.2, 0) is 43.3 Å². The first kappa shape index (κ1) is 39.6. The number of esters is 1. The first-order valence-electron chi connectivity index (χ1n) is 17.7. The molecular formula is C40H51N5O7. The highest BCUT2D eigenvalue weighted by atomic mass is 16.6. The quantitative estimate of drug-likeness (QED) is 0.0937. The number of fused-ring (bicyclic) bond motifs is 1. The van der Waals surface area contributed by atoms with Crippen LogP contribution in [0.2, 0.25) is 0 Å². The molecule has 1 heterocycles. The fourth-order valence-corrected chi connectivity index (χ4v) is 5.82. The maximum atomic E-state index is 14.1. The number of nitrogens with zero attached hydrogens (tertiary/aromatic N) is 1. The Hall–Kier alpha value is -5.23. The number of rotatable bonds is 17. The first-order valence-corrected chi connectivity index (χ1v) is 17.7. The highest BCUT2D eigenvalue weighted by Crippen LogP contribution is 2.21. The number of hydrogen-bond donors (Lipinski definition) is 5. The molecule has 4 aromatic rings. The average Bonchev–Trinajstić information content (AvgIpc) is 3.61. The van der Waals surface area contributed by atoms with E-state index in [1.165, 1.54) is 6.33 Å². The summed E-state index contributed by atoms with van der Waals surface area (Å²) in [6.07, 6.45) is 1.85. The number of aliphatic hydroxyl groups is 1. The molecular weight excluding hydrogens is 662 g/mol. The van der Waals surface area contributed by atoms with Crippen LogP contribution in [0.15, 0.2) is 85.3 Å². The normalized spacial score (nSPS) is 13.8. The van der Waals surface area contributed by atoms with Crippen molar-refractivity contribution in [3.8, 4) is 0 Å². The van der Waals surface area contributed by atoms with E-state index < -0.39 is 53.7 Å². The van der Waals surface area contributed by atoms with Crippen LogP contribution in [-0.4, -0.2) is 68.8 Å². The lowest BCUT2D eigenvalue weighted by molar-refractivity contribution is -0.145. The molecule has 0 radical (unpaired) electrons. The van der Waals surface area contributed by atoms with Crippen molar-refractivity contribution in [1.82, 2.24) is 25.9 Å². The van der Waals surface area contributed by atoms with E-state index in [0.29, 0.717) is 12.1 Å². The molecule has 52 heavy (non-hydrogen) atoms. The minimum atomic E-state index is -1.12. The monoisotopic (exact) mass is 713 g/mol. The molecule has 0 saturated carbocycles. The fourth-order valence-electron chi connectivity index (χ4n) is 5.82. The number of benzene rings is 3. The molecule has 278 valence electrons. The average molecular weight is 714 g/mol. The Bertz CT molecular complexity index is 1750. The maximum Gasteiger partial charge on any atom is 0.408 e.